The van der Waals surface area contributed by atoms with E-state index >= 15 is 0 Å². The molecule has 17 heavy (non-hydrogen) atoms. The summed E-state index contributed by atoms with van der Waals surface area (Å²) in [5.74, 6) is 0.659. The highest BCUT2D eigenvalue weighted by atomic mass is 16.5. The number of nitrogens with one attached hydrogen (secondary N) is 1. The molecule has 1 amide bonds. The zero-order valence-electron chi connectivity index (χ0n) is 10.9. The van der Waals surface area contributed by atoms with Gasteiger partial charge in [-0.3, -0.25) is 4.90 Å². The molecule has 4 heteroatoms. The van der Waals surface area contributed by atoms with Crippen molar-refractivity contribution in [3.05, 3.63) is 0 Å². The minimum absolute atomic E-state index is 0.256. The van der Waals surface area contributed by atoms with Crippen LogP contribution in [-0.4, -0.2) is 43.3 Å². The molecule has 2 unspecified atom stereocenters. The van der Waals surface area contributed by atoms with Crippen LogP contribution in [0.15, 0.2) is 0 Å². The van der Waals surface area contributed by atoms with Gasteiger partial charge in [-0.25, -0.2) is 4.79 Å². The van der Waals surface area contributed by atoms with Gasteiger partial charge in [-0.05, 0) is 25.2 Å². The first-order chi connectivity index (χ1) is 8.19. The van der Waals surface area contributed by atoms with Gasteiger partial charge in [0.05, 0.1) is 7.11 Å². The van der Waals surface area contributed by atoms with Crippen LogP contribution < -0.4 is 5.32 Å². The maximum absolute atomic E-state index is 11.3. The molecule has 0 aromatic rings. The standard InChI is InChI=1S/C13H24N2O2/c1-10-7-11(14-13(16)17-2)9-15(8-10)12-5-3-4-6-12/h10-12H,3-9H2,1-2H3,(H,14,16). The lowest BCUT2D eigenvalue weighted by Gasteiger charge is -2.39. The lowest BCUT2D eigenvalue weighted by molar-refractivity contribution is 0.0992. The van der Waals surface area contributed by atoms with Crippen LogP contribution in [0.1, 0.15) is 39.0 Å². The number of rotatable bonds is 2. The molecule has 1 saturated carbocycles. The Morgan fingerprint density at radius 2 is 2.00 bits per heavy atom. The fourth-order valence-electron chi connectivity index (χ4n) is 3.29. The Morgan fingerprint density at radius 3 is 2.65 bits per heavy atom. The van der Waals surface area contributed by atoms with Gasteiger partial charge in [0.2, 0.25) is 0 Å². The lowest BCUT2D eigenvalue weighted by Crippen LogP contribution is -2.52. The largest absolute Gasteiger partial charge is 0.453 e. The molecule has 2 aliphatic rings. The van der Waals surface area contributed by atoms with E-state index in [4.69, 9.17) is 0 Å². The zero-order chi connectivity index (χ0) is 12.3. The van der Waals surface area contributed by atoms with Crippen LogP contribution in [0, 0.1) is 5.92 Å². The highest BCUT2D eigenvalue weighted by Crippen LogP contribution is 2.27. The number of hydrogen-bond donors (Lipinski definition) is 1. The molecule has 0 aromatic carbocycles. The number of nitrogens with zero attached hydrogens (tertiary/aromatic N) is 1. The third kappa shape index (κ3) is 3.35. The molecule has 2 fully saturated rings. The van der Waals surface area contributed by atoms with Crippen molar-refractivity contribution in [2.45, 2.75) is 51.1 Å². The Balaban J connectivity index is 1.88. The molecule has 1 aliphatic heterocycles. The molecule has 2 atom stereocenters. The summed E-state index contributed by atoms with van der Waals surface area (Å²) < 4.78 is 4.68. The van der Waals surface area contributed by atoms with Crippen molar-refractivity contribution in [3.63, 3.8) is 0 Å². The fourth-order valence-corrected chi connectivity index (χ4v) is 3.29. The smallest absolute Gasteiger partial charge is 0.407 e. The van der Waals surface area contributed by atoms with Crippen molar-refractivity contribution in [2.24, 2.45) is 5.92 Å². The minimum atomic E-state index is -0.296. The number of piperidine rings is 1. The van der Waals surface area contributed by atoms with Gasteiger partial charge in [0.25, 0.3) is 0 Å². The summed E-state index contributed by atoms with van der Waals surface area (Å²) in [6, 6.07) is 1.01. The van der Waals surface area contributed by atoms with E-state index in [9.17, 15) is 4.79 Å². The van der Waals surface area contributed by atoms with Crippen LogP contribution in [0.5, 0.6) is 0 Å². The average molecular weight is 240 g/mol. The van der Waals surface area contributed by atoms with Crippen molar-refractivity contribution in [3.8, 4) is 0 Å². The second-order valence-electron chi connectivity index (χ2n) is 5.57. The topological polar surface area (TPSA) is 41.6 Å². The van der Waals surface area contributed by atoms with Crippen molar-refractivity contribution < 1.29 is 9.53 Å². The van der Waals surface area contributed by atoms with Gasteiger partial charge in [0.15, 0.2) is 0 Å². The Kier molecular flexibility index (Phi) is 4.26. The van der Waals surface area contributed by atoms with E-state index in [1.165, 1.54) is 39.3 Å². The first-order valence-electron chi connectivity index (χ1n) is 6.77. The van der Waals surface area contributed by atoms with Gasteiger partial charge in [-0.2, -0.15) is 0 Å². The second kappa shape index (κ2) is 5.71. The summed E-state index contributed by atoms with van der Waals surface area (Å²) in [7, 11) is 1.43. The molecule has 1 N–H and O–H groups in total. The monoisotopic (exact) mass is 240 g/mol. The number of carbonyl (C=O) groups excluding carboxylic acids is 1. The Bertz CT molecular complexity index is 264. The second-order valence-corrected chi connectivity index (χ2v) is 5.57. The van der Waals surface area contributed by atoms with Crippen LogP contribution >= 0.6 is 0 Å². The Hall–Kier alpha value is -0.770. The van der Waals surface area contributed by atoms with Gasteiger partial charge in [0.1, 0.15) is 0 Å². The summed E-state index contributed by atoms with van der Waals surface area (Å²) in [6.07, 6.45) is 6.17. The van der Waals surface area contributed by atoms with Crippen molar-refractivity contribution in [2.75, 3.05) is 20.2 Å². The summed E-state index contributed by atoms with van der Waals surface area (Å²) in [5, 5.41) is 2.95. The molecule has 1 heterocycles. The third-order valence-electron chi connectivity index (χ3n) is 4.04. The highest BCUT2D eigenvalue weighted by Gasteiger charge is 2.31. The number of carbonyl (C=O) groups is 1. The van der Waals surface area contributed by atoms with Crippen LogP contribution in [-0.2, 0) is 4.74 Å². The molecule has 0 spiro atoms. The summed E-state index contributed by atoms with van der Waals surface area (Å²) in [4.78, 5) is 13.8. The third-order valence-corrected chi connectivity index (χ3v) is 4.04. The predicted molar refractivity (Wildman–Crippen MR) is 66.9 cm³/mol. The fraction of sp³-hybridized carbons (Fsp3) is 0.923. The van der Waals surface area contributed by atoms with E-state index in [0.29, 0.717) is 5.92 Å². The molecule has 0 aromatic heterocycles. The summed E-state index contributed by atoms with van der Waals surface area (Å²) >= 11 is 0. The molecule has 0 radical (unpaired) electrons. The first kappa shape index (κ1) is 12.7. The molecular formula is C13H24N2O2. The minimum Gasteiger partial charge on any atom is -0.453 e. The van der Waals surface area contributed by atoms with Gasteiger partial charge >= 0.3 is 6.09 Å². The molecule has 2 rings (SSSR count). The number of likely N-dealkylation sites (tertiary alicyclic amines) is 1. The van der Waals surface area contributed by atoms with Gasteiger partial charge in [-0.15, -0.1) is 0 Å². The van der Waals surface area contributed by atoms with E-state index in [1.54, 1.807) is 0 Å². The average Bonchev–Trinajstić information content (AvgIpc) is 2.81. The van der Waals surface area contributed by atoms with E-state index in [2.05, 4.69) is 21.9 Å². The quantitative estimate of drug-likeness (QED) is 0.802. The number of hydrogen-bond acceptors (Lipinski definition) is 3. The number of alkyl carbamates (subject to hydrolysis) is 1. The van der Waals surface area contributed by atoms with Crippen molar-refractivity contribution in [1.29, 1.82) is 0 Å². The maximum Gasteiger partial charge on any atom is 0.407 e. The van der Waals surface area contributed by atoms with Crippen molar-refractivity contribution >= 4 is 6.09 Å². The van der Waals surface area contributed by atoms with Crippen molar-refractivity contribution in [1.82, 2.24) is 10.2 Å². The lowest BCUT2D eigenvalue weighted by atomic mass is 9.94. The van der Waals surface area contributed by atoms with Gasteiger partial charge in [-0.1, -0.05) is 19.8 Å². The molecule has 4 nitrogen and oxygen atoms in total. The van der Waals surface area contributed by atoms with Gasteiger partial charge < -0.3 is 10.1 Å². The molecule has 1 saturated heterocycles. The normalized spacial score (nSPS) is 31.4. The summed E-state index contributed by atoms with van der Waals surface area (Å²) in [5.41, 5.74) is 0. The molecule has 98 valence electrons. The first-order valence-corrected chi connectivity index (χ1v) is 6.77. The molecular weight excluding hydrogens is 216 g/mol. The number of ether oxygens (including phenoxy) is 1. The van der Waals surface area contributed by atoms with Crippen LogP contribution in [0.4, 0.5) is 4.79 Å². The number of amides is 1. The zero-order valence-corrected chi connectivity index (χ0v) is 10.9. The van der Waals surface area contributed by atoms with E-state index in [-0.39, 0.29) is 12.1 Å². The maximum atomic E-state index is 11.3. The van der Waals surface area contributed by atoms with E-state index in [0.717, 1.165) is 19.0 Å². The Labute approximate surface area is 104 Å². The van der Waals surface area contributed by atoms with Crippen LogP contribution in [0.3, 0.4) is 0 Å². The van der Waals surface area contributed by atoms with E-state index in [1.807, 2.05) is 0 Å². The summed E-state index contributed by atoms with van der Waals surface area (Å²) in [6.45, 7) is 4.45. The SMILES string of the molecule is COC(=O)NC1CC(C)CN(C2CCCC2)C1. The van der Waals surface area contributed by atoms with Gasteiger partial charge in [0, 0.05) is 25.2 Å². The predicted octanol–water partition coefficient (Wildman–Crippen LogP) is 2.00. The van der Waals surface area contributed by atoms with E-state index < -0.39 is 0 Å². The number of methoxy groups -OCH3 is 1. The van der Waals surface area contributed by atoms with Crippen LogP contribution in [0.25, 0.3) is 0 Å². The van der Waals surface area contributed by atoms with Crippen LogP contribution in [0.2, 0.25) is 0 Å². The molecule has 0 bridgehead atoms. The highest BCUT2D eigenvalue weighted by molar-refractivity contribution is 5.67. The Morgan fingerprint density at radius 1 is 1.29 bits per heavy atom. The molecule has 1 aliphatic carbocycles.